The molecule has 2 rings (SSSR count). The van der Waals surface area contributed by atoms with Gasteiger partial charge in [0.25, 0.3) is 0 Å². The molecule has 2 aromatic rings. The van der Waals surface area contributed by atoms with Gasteiger partial charge in [0, 0.05) is 23.8 Å². The molecule has 0 radical (unpaired) electrons. The van der Waals surface area contributed by atoms with E-state index in [4.69, 9.17) is 11.6 Å². The Balaban J connectivity index is 2.17. The quantitative estimate of drug-likeness (QED) is 0.575. The van der Waals surface area contributed by atoms with Crippen LogP contribution in [-0.4, -0.2) is 38.3 Å². The number of carbonyl (C=O) groups is 1. The Kier molecular flexibility index (Phi) is 7.96. The Bertz CT molecular complexity index is 1060. The molecule has 2 aromatic carbocycles. The van der Waals surface area contributed by atoms with Crippen LogP contribution in [0.2, 0.25) is 5.02 Å². The first kappa shape index (κ1) is 25.0. The summed E-state index contributed by atoms with van der Waals surface area (Å²) in [5.41, 5.74) is -0.592. The van der Waals surface area contributed by atoms with Crippen molar-refractivity contribution in [2.24, 2.45) is 0 Å². The maximum Gasteiger partial charge on any atom is 0.418 e. The maximum absolute atomic E-state index is 13.2. The SMILES string of the molecule is CCN(CC)S(=O)(=O)c1cc(NCC(=O)Nc2ccc(Cl)cc2C(F)(F)F)ccc1C. The third-order valence-electron chi connectivity index (χ3n) is 4.53. The molecule has 2 N–H and O–H groups in total. The number of halogens is 4. The van der Waals surface area contributed by atoms with E-state index in [0.29, 0.717) is 24.3 Å². The van der Waals surface area contributed by atoms with E-state index in [2.05, 4.69) is 10.6 Å². The molecule has 0 heterocycles. The van der Waals surface area contributed by atoms with Gasteiger partial charge in [-0.05, 0) is 42.8 Å². The number of aryl methyl sites for hydroxylation is 1. The van der Waals surface area contributed by atoms with Crippen molar-refractivity contribution in [1.29, 1.82) is 0 Å². The monoisotopic (exact) mass is 477 g/mol. The standard InChI is InChI=1S/C20H23ClF3N3O3S/c1-4-27(5-2)31(29,30)18-11-15(8-6-13(18)3)25-12-19(28)26-17-9-7-14(21)10-16(17)20(22,23)24/h6-11,25H,4-5,12H2,1-3H3,(H,26,28). The number of alkyl halides is 3. The summed E-state index contributed by atoms with van der Waals surface area (Å²) in [6, 6.07) is 7.63. The summed E-state index contributed by atoms with van der Waals surface area (Å²) in [6.07, 6.45) is -4.69. The van der Waals surface area contributed by atoms with E-state index in [9.17, 15) is 26.4 Å². The van der Waals surface area contributed by atoms with Crippen LogP contribution in [0.5, 0.6) is 0 Å². The first-order valence-electron chi connectivity index (χ1n) is 9.41. The van der Waals surface area contributed by atoms with E-state index < -0.39 is 33.4 Å². The summed E-state index contributed by atoms with van der Waals surface area (Å²) in [5, 5.41) is 4.84. The Labute approximate surface area is 184 Å². The average molecular weight is 478 g/mol. The lowest BCUT2D eigenvalue weighted by Gasteiger charge is -2.20. The molecular weight excluding hydrogens is 455 g/mol. The fourth-order valence-electron chi connectivity index (χ4n) is 2.93. The van der Waals surface area contributed by atoms with Crippen LogP contribution < -0.4 is 10.6 Å². The van der Waals surface area contributed by atoms with Crippen molar-refractivity contribution in [3.8, 4) is 0 Å². The highest BCUT2D eigenvalue weighted by Gasteiger charge is 2.34. The van der Waals surface area contributed by atoms with Crippen LogP contribution in [0.4, 0.5) is 24.5 Å². The van der Waals surface area contributed by atoms with Crippen molar-refractivity contribution in [1.82, 2.24) is 4.31 Å². The Morgan fingerprint density at radius 2 is 1.74 bits per heavy atom. The number of hydrogen-bond acceptors (Lipinski definition) is 4. The Morgan fingerprint density at radius 3 is 2.32 bits per heavy atom. The third-order valence-corrected chi connectivity index (χ3v) is 6.95. The van der Waals surface area contributed by atoms with Crippen molar-refractivity contribution >= 4 is 38.9 Å². The largest absolute Gasteiger partial charge is 0.418 e. The minimum atomic E-state index is -4.69. The molecule has 0 atom stereocenters. The second-order valence-corrected chi connectivity index (χ2v) is 9.00. The van der Waals surface area contributed by atoms with Gasteiger partial charge >= 0.3 is 6.18 Å². The molecule has 31 heavy (non-hydrogen) atoms. The molecule has 0 fully saturated rings. The van der Waals surface area contributed by atoms with Crippen molar-refractivity contribution < 1.29 is 26.4 Å². The van der Waals surface area contributed by atoms with Crippen molar-refractivity contribution in [2.75, 3.05) is 30.3 Å². The molecule has 0 aliphatic rings. The van der Waals surface area contributed by atoms with Crippen LogP contribution in [-0.2, 0) is 21.0 Å². The van der Waals surface area contributed by atoms with Crippen LogP contribution in [0.15, 0.2) is 41.3 Å². The topological polar surface area (TPSA) is 78.5 Å². The first-order valence-corrected chi connectivity index (χ1v) is 11.2. The van der Waals surface area contributed by atoms with E-state index in [-0.39, 0.29) is 16.5 Å². The van der Waals surface area contributed by atoms with Gasteiger partial charge in [0.1, 0.15) is 0 Å². The van der Waals surface area contributed by atoms with Gasteiger partial charge < -0.3 is 10.6 Å². The zero-order chi connectivity index (χ0) is 23.4. The second kappa shape index (κ2) is 9.88. The van der Waals surface area contributed by atoms with Gasteiger partial charge in [-0.1, -0.05) is 31.5 Å². The summed E-state index contributed by atoms with van der Waals surface area (Å²) in [6.45, 7) is 5.37. The predicted molar refractivity (Wildman–Crippen MR) is 115 cm³/mol. The molecular formula is C20H23ClF3N3O3S. The van der Waals surface area contributed by atoms with E-state index in [0.717, 1.165) is 12.1 Å². The first-order chi connectivity index (χ1) is 14.4. The highest BCUT2D eigenvalue weighted by Crippen LogP contribution is 2.36. The Hall–Kier alpha value is -2.30. The number of hydrogen-bond donors (Lipinski definition) is 2. The Morgan fingerprint density at radius 1 is 1.10 bits per heavy atom. The summed E-state index contributed by atoms with van der Waals surface area (Å²) in [5.74, 6) is -0.735. The zero-order valence-electron chi connectivity index (χ0n) is 17.2. The second-order valence-electron chi connectivity index (χ2n) is 6.66. The lowest BCUT2D eigenvalue weighted by Crippen LogP contribution is -2.31. The van der Waals surface area contributed by atoms with E-state index in [1.54, 1.807) is 32.9 Å². The molecule has 0 aliphatic carbocycles. The average Bonchev–Trinajstić information content (AvgIpc) is 2.68. The molecule has 11 heteroatoms. The third kappa shape index (κ3) is 6.11. The van der Waals surface area contributed by atoms with Crippen molar-refractivity contribution in [2.45, 2.75) is 31.8 Å². The molecule has 0 aliphatic heterocycles. The highest BCUT2D eigenvalue weighted by atomic mass is 35.5. The molecule has 0 aromatic heterocycles. The fourth-order valence-corrected chi connectivity index (χ4v) is 4.81. The zero-order valence-corrected chi connectivity index (χ0v) is 18.7. The molecule has 0 saturated carbocycles. The van der Waals surface area contributed by atoms with Crippen molar-refractivity contribution in [3.05, 3.63) is 52.5 Å². The summed E-state index contributed by atoms with van der Waals surface area (Å²) in [7, 11) is -3.71. The smallest absolute Gasteiger partial charge is 0.376 e. The molecule has 0 bridgehead atoms. The normalized spacial score (nSPS) is 12.1. The molecule has 0 unspecified atom stereocenters. The summed E-state index contributed by atoms with van der Waals surface area (Å²) >= 11 is 5.63. The number of benzene rings is 2. The van der Waals surface area contributed by atoms with E-state index >= 15 is 0 Å². The van der Waals surface area contributed by atoms with Crippen LogP contribution in [0, 0.1) is 6.92 Å². The highest BCUT2D eigenvalue weighted by molar-refractivity contribution is 7.89. The van der Waals surface area contributed by atoms with Gasteiger partial charge in [0.05, 0.1) is 22.7 Å². The number of carbonyl (C=O) groups excluding carboxylic acids is 1. The summed E-state index contributed by atoms with van der Waals surface area (Å²) in [4.78, 5) is 12.3. The van der Waals surface area contributed by atoms with Gasteiger partial charge in [-0.2, -0.15) is 17.5 Å². The van der Waals surface area contributed by atoms with Crippen molar-refractivity contribution in [3.63, 3.8) is 0 Å². The van der Waals surface area contributed by atoms with Crippen LogP contribution in [0.3, 0.4) is 0 Å². The molecule has 0 saturated heterocycles. The predicted octanol–water partition coefficient (Wildman–Crippen LogP) is 4.75. The number of nitrogens with zero attached hydrogens (tertiary/aromatic N) is 1. The minimum absolute atomic E-state index is 0.0960. The van der Waals surface area contributed by atoms with E-state index in [1.165, 1.54) is 16.4 Å². The van der Waals surface area contributed by atoms with Gasteiger partial charge in [-0.15, -0.1) is 0 Å². The molecule has 0 spiro atoms. The number of rotatable bonds is 8. The molecule has 6 nitrogen and oxygen atoms in total. The van der Waals surface area contributed by atoms with Crippen LogP contribution >= 0.6 is 11.6 Å². The van der Waals surface area contributed by atoms with Gasteiger partial charge in [-0.3, -0.25) is 4.79 Å². The van der Waals surface area contributed by atoms with Gasteiger partial charge in [-0.25, -0.2) is 8.42 Å². The summed E-state index contributed by atoms with van der Waals surface area (Å²) < 4.78 is 66.4. The number of amides is 1. The van der Waals surface area contributed by atoms with Crippen LogP contribution in [0.1, 0.15) is 25.0 Å². The molecule has 1 amide bonds. The van der Waals surface area contributed by atoms with Gasteiger partial charge in [0.15, 0.2) is 0 Å². The lowest BCUT2D eigenvalue weighted by molar-refractivity contribution is -0.137. The maximum atomic E-state index is 13.2. The van der Waals surface area contributed by atoms with E-state index in [1.807, 2.05) is 0 Å². The molecule has 170 valence electrons. The number of sulfonamides is 1. The number of anilines is 2. The fraction of sp³-hybridized carbons (Fsp3) is 0.350. The number of nitrogens with one attached hydrogen (secondary N) is 2. The van der Waals surface area contributed by atoms with Gasteiger partial charge in [0.2, 0.25) is 15.9 Å². The lowest BCUT2D eigenvalue weighted by atomic mass is 10.1. The van der Waals surface area contributed by atoms with Crippen LogP contribution in [0.25, 0.3) is 0 Å². The minimum Gasteiger partial charge on any atom is -0.376 e.